The van der Waals surface area contributed by atoms with Crippen LogP contribution in [0.5, 0.6) is 0 Å². The predicted molar refractivity (Wildman–Crippen MR) is 75.1 cm³/mol. The smallest absolute Gasteiger partial charge is 0.313 e. The highest BCUT2D eigenvalue weighted by atomic mass is 32.2. The van der Waals surface area contributed by atoms with Crippen molar-refractivity contribution in [2.45, 2.75) is 36.5 Å². The van der Waals surface area contributed by atoms with Crippen molar-refractivity contribution in [3.63, 3.8) is 0 Å². The molecule has 1 aromatic rings. The molecule has 2 atom stereocenters. The van der Waals surface area contributed by atoms with Crippen molar-refractivity contribution in [3.8, 4) is 0 Å². The highest BCUT2D eigenvalue weighted by Gasteiger charge is 2.38. The second kappa shape index (κ2) is 5.57. The first-order chi connectivity index (χ1) is 9.65. The van der Waals surface area contributed by atoms with Crippen LogP contribution < -0.4 is 5.56 Å². The van der Waals surface area contributed by atoms with Gasteiger partial charge in [-0.1, -0.05) is 11.8 Å². The summed E-state index contributed by atoms with van der Waals surface area (Å²) in [5.74, 6) is -0.967. The van der Waals surface area contributed by atoms with Crippen molar-refractivity contribution in [3.05, 3.63) is 22.6 Å². The Morgan fingerprint density at radius 1 is 1.40 bits per heavy atom. The molecule has 0 aromatic carbocycles. The molecule has 20 heavy (non-hydrogen) atoms. The standard InChI is InChI=1S/C13H17N3O3S/c17-11-4-7-16(13(14-11)20-8-12(18)19)10-3-6-15-5-1-2-9(10)15/h4,7,9-10H,1-3,5-6,8H2,(H,18,19). The van der Waals surface area contributed by atoms with E-state index < -0.39 is 5.97 Å². The SMILES string of the molecule is O=C(O)CSc1nc(=O)ccn1C1CCN2CCCC12. The van der Waals surface area contributed by atoms with E-state index >= 15 is 0 Å². The zero-order valence-electron chi connectivity index (χ0n) is 11.1. The van der Waals surface area contributed by atoms with Crippen LogP contribution in [0.25, 0.3) is 0 Å². The van der Waals surface area contributed by atoms with Gasteiger partial charge in [-0.15, -0.1) is 0 Å². The van der Waals surface area contributed by atoms with E-state index in [9.17, 15) is 9.59 Å². The van der Waals surface area contributed by atoms with E-state index in [1.165, 1.54) is 18.9 Å². The van der Waals surface area contributed by atoms with Crippen LogP contribution in [0.2, 0.25) is 0 Å². The number of rotatable bonds is 4. The maximum atomic E-state index is 11.4. The molecule has 108 valence electrons. The maximum absolute atomic E-state index is 11.4. The molecule has 1 aromatic heterocycles. The van der Waals surface area contributed by atoms with Gasteiger partial charge >= 0.3 is 5.97 Å². The Morgan fingerprint density at radius 3 is 3.05 bits per heavy atom. The van der Waals surface area contributed by atoms with Gasteiger partial charge in [0.2, 0.25) is 0 Å². The lowest BCUT2D eigenvalue weighted by Crippen LogP contribution is -2.29. The first-order valence-corrected chi connectivity index (χ1v) is 7.81. The number of carbonyl (C=O) groups is 1. The summed E-state index contributed by atoms with van der Waals surface area (Å²) in [6.45, 7) is 2.22. The van der Waals surface area contributed by atoms with Gasteiger partial charge in [-0.3, -0.25) is 14.5 Å². The molecule has 6 nitrogen and oxygen atoms in total. The predicted octanol–water partition coefficient (Wildman–Crippen LogP) is 0.829. The Hall–Kier alpha value is -1.34. The van der Waals surface area contributed by atoms with Crippen LogP contribution in [0.3, 0.4) is 0 Å². The Kier molecular flexibility index (Phi) is 3.80. The average Bonchev–Trinajstić information content (AvgIpc) is 2.99. The van der Waals surface area contributed by atoms with Gasteiger partial charge in [0.15, 0.2) is 5.16 Å². The lowest BCUT2D eigenvalue weighted by molar-refractivity contribution is -0.133. The number of thioether (sulfide) groups is 1. The minimum absolute atomic E-state index is 0.0719. The van der Waals surface area contributed by atoms with Crippen LogP contribution in [-0.4, -0.2) is 50.4 Å². The molecule has 0 radical (unpaired) electrons. The molecule has 0 spiro atoms. The number of nitrogens with zero attached hydrogens (tertiary/aromatic N) is 3. The highest BCUT2D eigenvalue weighted by molar-refractivity contribution is 7.99. The fourth-order valence-electron chi connectivity index (χ4n) is 3.26. The second-order valence-corrected chi connectivity index (χ2v) is 6.18. The molecule has 0 aliphatic carbocycles. The van der Waals surface area contributed by atoms with Crippen molar-refractivity contribution in [1.82, 2.24) is 14.5 Å². The van der Waals surface area contributed by atoms with E-state index in [4.69, 9.17) is 5.11 Å². The number of carboxylic acids is 1. The number of aliphatic carboxylic acids is 1. The molecule has 1 N–H and O–H groups in total. The molecule has 0 saturated carbocycles. The molecule has 3 rings (SSSR count). The molecule has 2 aliphatic heterocycles. The molecule has 0 amide bonds. The minimum Gasteiger partial charge on any atom is -0.481 e. The van der Waals surface area contributed by atoms with E-state index in [2.05, 4.69) is 9.88 Å². The third kappa shape index (κ3) is 2.60. The molecular formula is C13H17N3O3S. The summed E-state index contributed by atoms with van der Waals surface area (Å²) in [7, 11) is 0. The summed E-state index contributed by atoms with van der Waals surface area (Å²) in [4.78, 5) is 28.6. The normalized spacial score (nSPS) is 25.8. The Morgan fingerprint density at radius 2 is 2.25 bits per heavy atom. The summed E-state index contributed by atoms with van der Waals surface area (Å²) < 4.78 is 2.00. The second-order valence-electron chi connectivity index (χ2n) is 5.24. The van der Waals surface area contributed by atoms with Crippen LogP contribution in [0.4, 0.5) is 0 Å². The highest BCUT2D eigenvalue weighted by Crippen LogP contribution is 2.37. The van der Waals surface area contributed by atoms with Gasteiger partial charge in [0, 0.05) is 24.8 Å². The third-order valence-corrected chi connectivity index (χ3v) is 5.01. The van der Waals surface area contributed by atoms with Crippen LogP contribution >= 0.6 is 11.8 Å². The number of hydrogen-bond acceptors (Lipinski definition) is 5. The lowest BCUT2D eigenvalue weighted by atomic mass is 10.1. The lowest BCUT2D eigenvalue weighted by Gasteiger charge is -2.24. The van der Waals surface area contributed by atoms with Gasteiger partial charge in [-0.05, 0) is 25.8 Å². The van der Waals surface area contributed by atoms with Crippen molar-refractivity contribution >= 4 is 17.7 Å². The third-order valence-electron chi connectivity index (χ3n) is 4.06. The molecule has 2 fully saturated rings. The van der Waals surface area contributed by atoms with E-state index in [0.717, 1.165) is 31.3 Å². The van der Waals surface area contributed by atoms with E-state index in [0.29, 0.717) is 17.2 Å². The maximum Gasteiger partial charge on any atom is 0.313 e. The van der Waals surface area contributed by atoms with Gasteiger partial charge < -0.3 is 9.67 Å². The fourth-order valence-corrected chi connectivity index (χ4v) is 4.02. The topological polar surface area (TPSA) is 75.4 Å². The quantitative estimate of drug-likeness (QED) is 0.655. The minimum atomic E-state index is -0.895. The largest absolute Gasteiger partial charge is 0.481 e. The van der Waals surface area contributed by atoms with Crippen LogP contribution in [0.1, 0.15) is 25.3 Å². The Labute approximate surface area is 120 Å². The van der Waals surface area contributed by atoms with Crippen molar-refractivity contribution in [2.24, 2.45) is 0 Å². The molecule has 7 heteroatoms. The van der Waals surface area contributed by atoms with E-state index in [1.54, 1.807) is 6.20 Å². The van der Waals surface area contributed by atoms with Crippen molar-refractivity contribution in [1.29, 1.82) is 0 Å². The molecule has 2 saturated heterocycles. The average molecular weight is 295 g/mol. The van der Waals surface area contributed by atoms with Crippen molar-refractivity contribution in [2.75, 3.05) is 18.8 Å². The Balaban J connectivity index is 1.88. The van der Waals surface area contributed by atoms with Gasteiger partial charge in [0.25, 0.3) is 5.56 Å². The van der Waals surface area contributed by atoms with E-state index in [-0.39, 0.29) is 11.3 Å². The molecule has 2 unspecified atom stereocenters. The molecule has 3 heterocycles. The number of fused-ring (bicyclic) bond motifs is 1. The number of carboxylic acid groups (broad SMARTS) is 1. The molecule has 0 bridgehead atoms. The van der Waals surface area contributed by atoms with Gasteiger partial charge in [0.05, 0.1) is 11.8 Å². The monoisotopic (exact) mass is 295 g/mol. The summed E-state index contributed by atoms with van der Waals surface area (Å²) in [6, 6.07) is 2.27. The van der Waals surface area contributed by atoms with Crippen molar-refractivity contribution < 1.29 is 9.90 Å². The summed E-state index contributed by atoms with van der Waals surface area (Å²) in [5.41, 5.74) is -0.310. The number of aromatic nitrogens is 2. The van der Waals surface area contributed by atoms with Crippen LogP contribution in [-0.2, 0) is 4.79 Å². The first-order valence-electron chi connectivity index (χ1n) is 6.83. The van der Waals surface area contributed by atoms with Gasteiger partial charge in [-0.25, -0.2) is 0 Å². The zero-order chi connectivity index (χ0) is 14.1. The summed E-state index contributed by atoms with van der Waals surface area (Å²) >= 11 is 1.12. The fraction of sp³-hybridized carbons (Fsp3) is 0.615. The van der Waals surface area contributed by atoms with Crippen LogP contribution in [0.15, 0.2) is 22.2 Å². The zero-order valence-corrected chi connectivity index (χ0v) is 11.9. The van der Waals surface area contributed by atoms with Gasteiger partial charge in [0.1, 0.15) is 0 Å². The van der Waals surface area contributed by atoms with Gasteiger partial charge in [-0.2, -0.15) is 4.98 Å². The first kappa shape index (κ1) is 13.6. The molecule has 2 aliphatic rings. The van der Waals surface area contributed by atoms with E-state index in [1.807, 2.05) is 4.57 Å². The summed E-state index contributed by atoms with van der Waals surface area (Å²) in [5, 5.41) is 9.33. The summed E-state index contributed by atoms with van der Waals surface area (Å²) in [6.07, 6.45) is 5.19. The molecular weight excluding hydrogens is 278 g/mol. The number of hydrogen-bond donors (Lipinski definition) is 1. The van der Waals surface area contributed by atoms with Crippen LogP contribution in [0, 0.1) is 0 Å². The Bertz CT molecular complexity index is 574.